The average Bonchev–Trinajstić information content (AvgIpc) is 3.57. The first-order valence-corrected chi connectivity index (χ1v) is 13.0. The summed E-state index contributed by atoms with van der Waals surface area (Å²) in [6, 6.07) is 12.2. The van der Waals surface area contributed by atoms with Crippen LogP contribution < -0.4 is 11.1 Å². The van der Waals surface area contributed by atoms with Crippen LogP contribution in [-0.2, 0) is 5.41 Å². The molecular formula is C28H32N8S. The Morgan fingerprint density at radius 3 is 2.30 bits per heavy atom. The number of nitrogens with zero attached hydrogens (tertiary/aromatic N) is 6. The molecule has 0 fully saturated rings. The molecule has 37 heavy (non-hydrogen) atoms. The van der Waals surface area contributed by atoms with E-state index in [0.29, 0.717) is 29.4 Å². The number of hydrogen-bond donors (Lipinski definition) is 2. The van der Waals surface area contributed by atoms with Crippen LogP contribution in [0.3, 0.4) is 0 Å². The molecule has 0 radical (unpaired) electrons. The van der Waals surface area contributed by atoms with Crippen LogP contribution in [0.1, 0.15) is 64.2 Å². The minimum atomic E-state index is -0.0829. The van der Waals surface area contributed by atoms with E-state index in [4.69, 9.17) is 15.7 Å². The third kappa shape index (κ3) is 4.91. The third-order valence-corrected chi connectivity index (χ3v) is 7.32. The molecule has 0 saturated heterocycles. The number of anilines is 2. The fourth-order valence-electron chi connectivity index (χ4n) is 4.03. The Balaban J connectivity index is 1.59. The molecule has 4 aromatic rings. The Morgan fingerprint density at radius 2 is 1.70 bits per heavy atom. The van der Waals surface area contributed by atoms with Crippen molar-refractivity contribution in [3.63, 3.8) is 0 Å². The van der Waals surface area contributed by atoms with E-state index < -0.39 is 0 Å². The summed E-state index contributed by atoms with van der Waals surface area (Å²) in [5, 5.41) is 18.5. The van der Waals surface area contributed by atoms with E-state index in [1.165, 1.54) is 16.9 Å². The summed E-state index contributed by atoms with van der Waals surface area (Å²) in [5.74, 6) is 1.13. The zero-order valence-electron chi connectivity index (χ0n) is 22.1. The standard InChI is InChI=1S/C28H32N8S/c1-16(21-12-13-23(29)37-21)31-24-19-15-30-36(18-10-8-17(9-11-18)27(2,3)4)26(19)33-25(32-24)20-14-22(35-34-20)28(5,6)7/h8-13,15H,1,14,29H2,2-7H3,(H,31,32,33). The van der Waals surface area contributed by atoms with Crippen molar-refractivity contribution in [2.75, 3.05) is 11.1 Å². The first kappa shape index (κ1) is 24.8. The van der Waals surface area contributed by atoms with Crippen LogP contribution in [0.25, 0.3) is 22.4 Å². The van der Waals surface area contributed by atoms with Gasteiger partial charge in [0.1, 0.15) is 11.5 Å². The predicted octanol–water partition coefficient (Wildman–Crippen LogP) is 6.43. The Labute approximate surface area is 221 Å². The number of hydrogen-bond acceptors (Lipinski definition) is 8. The van der Waals surface area contributed by atoms with Crippen LogP contribution in [-0.4, -0.2) is 31.2 Å². The van der Waals surface area contributed by atoms with Gasteiger partial charge in [0, 0.05) is 17.5 Å². The molecule has 0 bridgehead atoms. The molecule has 1 aliphatic rings. The van der Waals surface area contributed by atoms with Crippen molar-refractivity contribution in [1.82, 2.24) is 19.7 Å². The van der Waals surface area contributed by atoms with Gasteiger partial charge in [-0.05, 0) is 35.2 Å². The van der Waals surface area contributed by atoms with Crippen molar-refractivity contribution >= 4 is 50.3 Å². The van der Waals surface area contributed by atoms with Gasteiger partial charge >= 0.3 is 0 Å². The van der Waals surface area contributed by atoms with Crippen molar-refractivity contribution < 1.29 is 0 Å². The van der Waals surface area contributed by atoms with Crippen molar-refractivity contribution in [2.24, 2.45) is 15.6 Å². The molecular weight excluding hydrogens is 480 g/mol. The van der Waals surface area contributed by atoms with E-state index in [1.54, 1.807) is 6.20 Å². The number of fused-ring (bicyclic) bond motifs is 1. The molecule has 0 saturated carbocycles. The van der Waals surface area contributed by atoms with Crippen LogP contribution in [0.4, 0.5) is 10.8 Å². The van der Waals surface area contributed by atoms with Crippen molar-refractivity contribution in [3.8, 4) is 5.69 Å². The van der Waals surface area contributed by atoms with Gasteiger partial charge in [-0.1, -0.05) is 60.3 Å². The molecule has 190 valence electrons. The second kappa shape index (κ2) is 8.92. The number of aromatic nitrogens is 4. The summed E-state index contributed by atoms with van der Waals surface area (Å²) in [4.78, 5) is 10.7. The molecule has 8 nitrogen and oxygen atoms in total. The number of benzene rings is 1. The lowest BCUT2D eigenvalue weighted by molar-refractivity contribution is 0.585. The Kier molecular flexibility index (Phi) is 5.98. The van der Waals surface area contributed by atoms with Gasteiger partial charge in [0.05, 0.1) is 32.9 Å². The van der Waals surface area contributed by atoms with Crippen LogP contribution >= 0.6 is 11.3 Å². The van der Waals surface area contributed by atoms with Gasteiger partial charge in [-0.2, -0.15) is 15.3 Å². The maximum atomic E-state index is 5.94. The number of rotatable bonds is 5. The zero-order chi connectivity index (χ0) is 26.5. The van der Waals surface area contributed by atoms with Gasteiger partial charge in [-0.15, -0.1) is 11.3 Å². The summed E-state index contributed by atoms with van der Waals surface area (Å²) in [5.41, 5.74) is 11.2. The first-order valence-electron chi connectivity index (χ1n) is 12.2. The Morgan fingerprint density at radius 1 is 0.973 bits per heavy atom. The van der Waals surface area contributed by atoms with Crippen LogP contribution in [0.15, 0.2) is 59.4 Å². The maximum absolute atomic E-state index is 5.94. The monoisotopic (exact) mass is 512 g/mol. The molecule has 1 aliphatic heterocycles. The highest BCUT2D eigenvalue weighted by Gasteiger charge is 2.28. The van der Waals surface area contributed by atoms with E-state index in [0.717, 1.165) is 32.4 Å². The smallest absolute Gasteiger partial charge is 0.180 e. The van der Waals surface area contributed by atoms with Gasteiger partial charge in [0.2, 0.25) is 0 Å². The average molecular weight is 513 g/mol. The summed E-state index contributed by atoms with van der Waals surface area (Å²) in [6.45, 7) is 17.2. The van der Waals surface area contributed by atoms with E-state index in [2.05, 4.69) is 93.0 Å². The van der Waals surface area contributed by atoms with E-state index in [1.807, 2.05) is 16.8 Å². The van der Waals surface area contributed by atoms with E-state index >= 15 is 0 Å². The van der Waals surface area contributed by atoms with Gasteiger partial charge in [-0.3, -0.25) is 0 Å². The molecule has 0 aliphatic carbocycles. The summed E-state index contributed by atoms with van der Waals surface area (Å²) in [7, 11) is 0. The fraction of sp³-hybridized carbons (Fsp3) is 0.321. The van der Waals surface area contributed by atoms with Crippen molar-refractivity contribution in [3.05, 3.63) is 65.4 Å². The van der Waals surface area contributed by atoms with Crippen LogP contribution in [0.5, 0.6) is 0 Å². The number of thiophene rings is 1. The Bertz CT molecular complexity index is 1560. The lowest BCUT2D eigenvalue weighted by atomic mass is 9.87. The maximum Gasteiger partial charge on any atom is 0.180 e. The molecule has 0 spiro atoms. The predicted molar refractivity (Wildman–Crippen MR) is 155 cm³/mol. The molecule has 9 heteroatoms. The largest absolute Gasteiger partial charge is 0.391 e. The fourth-order valence-corrected chi connectivity index (χ4v) is 4.73. The molecule has 3 N–H and O–H groups in total. The van der Waals surface area contributed by atoms with E-state index in [9.17, 15) is 0 Å². The normalized spacial score (nSPS) is 14.1. The molecule has 0 unspecified atom stereocenters. The second-order valence-corrected chi connectivity index (χ2v) is 12.4. The number of nitrogen functional groups attached to an aromatic ring is 1. The van der Waals surface area contributed by atoms with Crippen LogP contribution in [0.2, 0.25) is 0 Å². The SMILES string of the molecule is C=C(Nc1nc(C2=NN=C(C(C)(C)C)C2)nc2c1cnn2-c1ccc(C(C)(C)C)cc1)c1ccc(N)s1. The molecule has 1 aromatic carbocycles. The molecule has 4 heterocycles. The summed E-state index contributed by atoms with van der Waals surface area (Å²) < 4.78 is 1.84. The number of nitrogens with two attached hydrogens (primary N) is 1. The van der Waals surface area contributed by atoms with Gasteiger partial charge in [0.25, 0.3) is 0 Å². The lowest BCUT2D eigenvalue weighted by Crippen LogP contribution is -2.21. The van der Waals surface area contributed by atoms with Crippen molar-refractivity contribution in [2.45, 2.75) is 53.4 Å². The Hall–Kier alpha value is -3.85. The van der Waals surface area contributed by atoms with Crippen LogP contribution in [0, 0.1) is 5.41 Å². The highest BCUT2D eigenvalue weighted by atomic mass is 32.1. The zero-order valence-corrected chi connectivity index (χ0v) is 22.9. The highest BCUT2D eigenvalue weighted by Crippen LogP contribution is 2.31. The number of nitrogens with one attached hydrogen (secondary N) is 1. The van der Waals surface area contributed by atoms with Gasteiger partial charge < -0.3 is 11.1 Å². The minimum Gasteiger partial charge on any atom is -0.391 e. The molecule has 0 amide bonds. The molecule has 0 atom stereocenters. The summed E-state index contributed by atoms with van der Waals surface area (Å²) >= 11 is 1.47. The topological polar surface area (TPSA) is 106 Å². The van der Waals surface area contributed by atoms with Gasteiger partial charge in [-0.25, -0.2) is 14.6 Å². The summed E-state index contributed by atoms with van der Waals surface area (Å²) in [6.07, 6.45) is 2.38. The lowest BCUT2D eigenvalue weighted by Gasteiger charge is -2.19. The van der Waals surface area contributed by atoms with E-state index in [-0.39, 0.29) is 10.8 Å². The first-order chi connectivity index (χ1) is 17.4. The molecule has 5 rings (SSSR count). The second-order valence-electron chi connectivity index (χ2n) is 11.3. The van der Waals surface area contributed by atoms with Gasteiger partial charge in [0.15, 0.2) is 11.5 Å². The third-order valence-electron chi connectivity index (χ3n) is 6.35. The van der Waals surface area contributed by atoms with Crippen molar-refractivity contribution in [1.29, 1.82) is 0 Å². The minimum absolute atomic E-state index is 0.0636. The highest BCUT2D eigenvalue weighted by molar-refractivity contribution is 7.16. The quantitative estimate of drug-likeness (QED) is 0.320. The molecule has 3 aromatic heterocycles.